The van der Waals surface area contributed by atoms with Crippen molar-refractivity contribution in [1.29, 1.82) is 0 Å². The molecule has 0 saturated heterocycles. The molecule has 1 aromatic rings. The summed E-state index contributed by atoms with van der Waals surface area (Å²) in [6, 6.07) is 8.67. The third kappa shape index (κ3) is 5.52. The van der Waals surface area contributed by atoms with E-state index in [4.69, 9.17) is 9.47 Å². The molecule has 102 valence electrons. The molecule has 0 heterocycles. The molecular weight excluding hydrogens is 226 g/mol. The number of nitrogens with one attached hydrogen (secondary N) is 1. The van der Waals surface area contributed by atoms with Crippen LogP contribution in [0.1, 0.15) is 38.3 Å². The second-order valence-corrected chi connectivity index (χ2v) is 4.40. The van der Waals surface area contributed by atoms with Crippen molar-refractivity contribution in [2.75, 3.05) is 26.9 Å². The minimum absolute atomic E-state index is 0.368. The maximum absolute atomic E-state index is 5.74. The summed E-state index contributed by atoms with van der Waals surface area (Å²) in [6.07, 6.45) is 2.07. The molecule has 1 unspecified atom stereocenters. The Morgan fingerprint density at radius 1 is 1.22 bits per heavy atom. The van der Waals surface area contributed by atoms with Gasteiger partial charge < -0.3 is 14.8 Å². The molecule has 0 saturated carbocycles. The maximum Gasteiger partial charge on any atom is 0.119 e. The Kier molecular flexibility index (Phi) is 7.46. The highest BCUT2D eigenvalue weighted by atomic mass is 16.5. The van der Waals surface area contributed by atoms with Gasteiger partial charge in [0.05, 0.1) is 6.61 Å². The molecule has 0 aliphatic carbocycles. The minimum Gasteiger partial charge on any atom is -0.494 e. The first kappa shape index (κ1) is 15.0. The van der Waals surface area contributed by atoms with Gasteiger partial charge in [0.1, 0.15) is 5.75 Å². The Labute approximate surface area is 110 Å². The summed E-state index contributed by atoms with van der Waals surface area (Å²) >= 11 is 0. The molecule has 0 aliphatic heterocycles. The molecule has 1 atom stereocenters. The Morgan fingerprint density at radius 3 is 2.72 bits per heavy atom. The average molecular weight is 251 g/mol. The third-order valence-electron chi connectivity index (χ3n) is 2.88. The fourth-order valence-corrected chi connectivity index (χ4v) is 1.84. The summed E-state index contributed by atoms with van der Waals surface area (Å²) in [5, 5.41) is 3.40. The second-order valence-electron chi connectivity index (χ2n) is 4.40. The van der Waals surface area contributed by atoms with Crippen molar-refractivity contribution in [3.63, 3.8) is 0 Å². The van der Waals surface area contributed by atoms with Crippen LogP contribution in [0.4, 0.5) is 0 Å². The van der Waals surface area contributed by atoms with E-state index in [0.29, 0.717) is 6.04 Å². The summed E-state index contributed by atoms with van der Waals surface area (Å²) in [7, 11) is 1.73. The average Bonchev–Trinajstić information content (AvgIpc) is 2.39. The summed E-state index contributed by atoms with van der Waals surface area (Å²) in [6.45, 7) is 6.82. The van der Waals surface area contributed by atoms with E-state index < -0.39 is 0 Å². The number of benzene rings is 1. The second kappa shape index (κ2) is 8.95. The van der Waals surface area contributed by atoms with Crippen LogP contribution in [-0.2, 0) is 4.74 Å². The van der Waals surface area contributed by atoms with Crippen LogP contribution in [0.3, 0.4) is 0 Å². The fraction of sp³-hybridized carbons (Fsp3) is 0.600. The molecule has 0 bridgehead atoms. The van der Waals surface area contributed by atoms with Crippen LogP contribution in [-0.4, -0.2) is 26.9 Å². The van der Waals surface area contributed by atoms with Gasteiger partial charge in [-0.05, 0) is 44.0 Å². The van der Waals surface area contributed by atoms with E-state index in [1.165, 1.54) is 5.56 Å². The monoisotopic (exact) mass is 251 g/mol. The van der Waals surface area contributed by atoms with Gasteiger partial charge in [-0.15, -0.1) is 0 Å². The molecule has 0 aromatic heterocycles. The first-order valence-electron chi connectivity index (χ1n) is 6.73. The van der Waals surface area contributed by atoms with Gasteiger partial charge in [-0.1, -0.05) is 19.1 Å². The first-order chi connectivity index (χ1) is 8.77. The first-order valence-corrected chi connectivity index (χ1v) is 6.73. The molecule has 1 rings (SSSR count). The highest BCUT2D eigenvalue weighted by Gasteiger charge is 2.04. The van der Waals surface area contributed by atoms with Crippen LogP contribution in [0.2, 0.25) is 0 Å². The van der Waals surface area contributed by atoms with Crippen LogP contribution >= 0.6 is 0 Å². The predicted molar refractivity (Wildman–Crippen MR) is 75.1 cm³/mol. The van der Waals surface area contributed by atoms with E-state index in [2.05, 4.69) is 31.3 Å². The van der Waals surface area contributed by atoms with Crippen LogP contribution in [0, 0.1) is 0 Å². The number of methoxy groups -OCH3 is 1. The van der Waals surface area contributed by atoms with E-state index in [9.17, 15) is 0 Å². The Balaban J connectivity index is 2.39. The molecule has 1 N–H and O–H groups in total. The lowest BCUT2D eigenvalue weighted by Crippen LogP contribution is -2.17. The predicted octanol–water partition coefficient (Wildman–Crippen LogP) is 3.16. The fourth-order valence-electron chi connectivity index (χ4n) is 1.84. The highest BCUT2D eigenvalue weighted by molar-refractivity contribution is 5.30. The molecule has 3 nitrogen and oxygen atoms in total. The lowest BCUT2D eigenvalue weighted by Gasteiger charge is -2.14. The zero-order valence-corrected chi connectivity index (χ0v) is 11.7. The van der Waals surface area contributed by atoms with E-state index in [0.717, 1.165) is 38.3 Å². The van der Waals surface area contributed by atoms with Crippen molar-refractivity contribution in [1.82, 2.24) is 5.32 Å². The van der Waals surface area contributed by atoms with E-state index in [1.807, 2.05) is 12.1 Å². The van der Waals surface area contributed by atoms with Crippen LogP contribution in [0.5, 0.6) is 5.75 Å². The molecule has 18 heavy (non-hydrogen) atoms. The van der Waals surface area contributed by atoms with Gasteiger partial charge in [-0.2, -0.15) is 0 Å². The van der Waals surface area contributed by atoms with E-state index in [1.54, 1.807) is 7.11 Å². The molecule has 0 aliphatic rings. The Bertz CT molecular complexity index is 328. The van der Waals surface area contributed by atoms with Crippen molar-refractivity contribution >= 4 is 0 Å². The van der Waals surface area contributed by atoms with Crippen molar-refractivity contribution in [3.8, 4) is 5.75 Å². The quantitative estimate of drug-likeness (QED) is 0.684. The normalized spacial score (nSPS) is 12.4. The van der Waals surface area contributed by atoms with Crippen molar-refractivity contribution in [3.05, 3.63) is 29.8 Å². The summed E-state index contributed by atoms with van der Waals surface area (Å²) in [5.41, 5.74) is 1.27. The van der Waals surface area contributed by atoms with E-state index in [-0.39, 0.29) is 0 Å². The smallest absolute Gasteiger partial charge is 0.119 e. The van der Waals surface area contributed by atoms with Crippen molar-refractivity contribution in [2.24, 2.45) is 0 Å². The van der Waals surface area contributed by atoms with Gasteiger partial charge in [0.15, 0.2) is 0 Å². The van der Waals surface area contributed by atoms with Crippen molar-refractivity contribution in [2.45, 2.75) is 32.7 Å². The lowest BCUT2D eigenvalue weighted by atomic mass is 10.1. The molecule has 0 radical (unpaired) electrons. The zero-order valence-electron chi connectivity index (χ0n) is 11.7. The minimum atomic E-state index is 0.368. The van der Waals surface area contributed by atoms with Gasteiger partial charge in [0, 0.05) is 19.8 Å². The topological polar surface area (TPSA) is 30.5 Å². The van der Waals surface area contributed by atoms with Gasteiger partial charge >= 0.3 is 0 Å². The summed E-state index contributed by atoms with van der Waals surface area (Å²) in [5.74, 6) is 0.953. The third-order valence-corrected chi connectivity index (χ3v) is 2.88. The molecule has 0 fully saturated rings. The number of hydrogen-bond acceptors (Lipinski definition) is 3. The van der Waals surface area contributed by atoms with Crippen LogP contribution < -0.4 is 10.1 Å². The maximum atomic E-state index is 5.74. The van der Waals surface area contributed by atoms with Crippen molar-refractivity contribution < 1.29 is 9.47 Å². The number of ether oxygens (including phenoxy) is 2. The SMILES string of the molecule is CCNC(C)c1cccc(OCCCCOC)c1. The number of hydrogen-bond donors (Lipinski definition) is 1. The highest BCUT2D eigenvalue weighted by Crippen LogP contribution is 2.19. The van der Waals surface area contributed by atoms with E-state index >= 15 is 0 Å². The standard InChI is InChI=1S/C15H25NO2/c1-4-16-13(2)14-8-7-9-15(12-14)18-11-6-5-10-17-3/h7-9,12-13,16H,4-6,10-11H2,1-3H3. The molecule has 0 spiro atoms. The Morgan fingerprint density at radius 2 is 2.00 bits per heavy atom. The van der Waals surface area contributed by atoms with Crippen LogP contribution in [0.15, 0.2) is 24.3 Å². The molecule has 3 heteroatoms. The molecular formula is C15H25NO2. The van der Waals surface area contributed by atoms with Gasteiger partial charge in [-0.3, -0.25) is 0 Å². The van der Waals surface area contributed by atoms with Crippen LogP contribution in [0.25, 0.3) is 0 Å². The molecule has 0 amide bonds. The largest absolute Gasteiger partial charge is 0.494 e. The summed E-state index contributed by atoms with van der Waals surface area (Å²) in [4.78, 5) is 0. The lowest BCUT2D eigenvalue weighted by molar-refractivity contribution is 0.184. The van der Waals surface area contributed by atoms with Gasteiger partial charge in [0.2, 0.25) is 0 Å². The van der Waals surface area contributed by atoms with Gasteiger partial charge in [-0.25, -0.2) is 0 Å². The summed E-state index contributed by atoms with van der Waals surface area (Å²) < 4.78 is 10.7. The zero-order chi connectivity index (χ0) is 13.2. The number of unbranched alkanes of at least 4 members (excludes halogenated alkanes) is 1. The molecule has 1 aromatic carbocycles. The number of rotatable bonds is 9. The van der Waals surface area contributed by atoms with Gasteiger partial charge in [0.25, 0.3) is 0 Å². The Hall–Kier alpha value is -1.06.